The highest BCUT2D eigenvalue weighted by Crippen LogP contribution is 1.96. The maximum Gasteiger partial charge on any atom is -0.00489 e. The summed E-state index contributed by atoms with van der Waals surface area (Å²) < 4.78 is 0. The highest BCUT2D eigenvalue weighted by atomic mass is 35.5. The Morgan fingerprint density at radius 1 is 0.818 bits per heavy atom. The molecular weight excluding hydrogens is 158 g/mol. The lowest BCUT2D eigenvalue weighted by molar-refractivity contribution is 0.594. The second-order valence-corrected chi connectivity index (χ2v) is 2.81. The van der Waals surface area contributed by atoms with Gasteiger partial charge in [0.25, 0.3) is 0 Å². The molecule has 0 bridgehead atoms. The van der Waals surface area contributed by atoms with Crippen LogP contribution in [0.4, 0.5) is 0 Å². The molecule has 0 fully saturated rings. The standard InChI is InChI=1S/C9H21N.ClH/c1-3-5-6-7-9-10-8-4-2;/h10H,3-9H2,1-2H3;1H. The summed E-state index contributed by atoms with van der Waals surface area (Å²) in [6.45, 7) is 6.86. The van der Waals surface area contributed by atoms with Gasteiger partial charge in [0.1, 0.15) is 0 Å². The number of nitrogens with one attached hydrogen (secondary N) is 1. The van der Waals surface area contributed by atoms with E-state index in [4.69, 9.17) is 0 Å². The number of unbranched alkanes of at least 4 members (excludes halogenated alkanes) is 3. The summed E-state index contributed by atoms with van der Waals surface area (Å²) in [6.07, 6.45) is 6.75. The van der Waals surface area contributed by atoms with Crippen molar-refractivity contribution in [3.05, 3.63) is 0 Å². The molecule has 0 aliphatic rings. The number of rotatable bonds is 7. The first-order chi connectivity index (χ1) is 4.91. The van der Waals surface area contributed by atoms with E-state index in [2.05, 4.69) is 19.2 Å². The molecule has 0 aromatic heterocycles. The van der Waals surface area contributed by atoms with Crippen LogP contribution in [0.2, 0.25) is 0 Å². The predicted molar refractivity (Wildman–Crippen MR) is 54.6 cm³/mol. The van der Waals surface area contributed by atoms with E-state index in [1.807, 2.05) is 0 Å². The van der Waals surface area contributed by atoms with Crippen LogP contribution in [-0.2, 0) is 0 Å². The molecule has 0 radical (unpaired) electrons. The Labute approximate surface area is 77.4 Å². The third-order valence-corrected chi connectivity index (χ3v) is 1.63. The van der Waals surface area contributed by atoms with E-state index in [-0.39, 0.29) is 12.4 Å². The van der Waals surface area contributed by atoms with E-state index in [0.717, 1.165) is 0 Å². The maximum atomic E-state index is 3.39. The van der Waals surface area contributed by atoms with Gasteiger partial charge in [0.05, 0.1) is 0 Å². The van der Waals surface area contributed by atoms with Crippen molar-refractivity contribution >= 4 is 12.4 Å². The minimum atomic E-state index is 0. The Morgan fingerprint density at radius 2 is 1.55 bits per heavy atom. The van der Waals surface area contributed by atoms with Gasteiger partial charge >= 0.3 is 0 Å². The van der Waals surface area contributed by atoms with Gasteiger partial charge in [-0.1, -0.05) is 33.1 Å². The second kappa shape index (κ2) is 12.9. The van der Waals surface area contributed by atoms with Crippen LogP contribution < -0.4 is 5.32 Å². The molecule has 1 N–H and O–H groups in total. The summed E-state index contributed by atoms with van der Waals surface area (Å²) in [6, 6.07) is 0. The van der Waals surface area contributed by atoms with Crippen LogP contribution in [-0.4, -0.2) is 13.1 Å². The van der Waals surface area contributed by atoms with Crippen molar-refractivity contribution < 1.29 is 0 Å². The average molecular weight is 180 g/mol. The average Bonchev–Trinajstić information content (AvgIpc) is 1.97. The van der Waals surface area contributed by atoms with Gasteiger partial charge in [-0.05, 0) is 25.9 Å². The monoisotopic (exact) mass is 179 g/mol. The number of hydrogen-bond acceptors (Lipinski definition) is 1. The van der Waals surface area contributed by atoms with Gasteiger partial charge in [-0.2, -0.15) is 0 Å². The molecule has 0 amide bonds. The summed E-state index contributed by atoms with van der Waals surface area (Å²) >= 11 is 0. The lowest BCUT2D eigenvalue weighted by Gasteiger charge is -2.00. The molecule has 0 saturated carbocycles. The lowest BCUT2D eigenvalue weighted by atomic mass is 10.2. The predicted octanol–water partition coefficient (Wildman–Crippen LogP) is 2.99. The lowest BCUT2D eigenvalue weighted by Crippen LogP contribution is -2.15. The fraction of sp³-hybridized carbons (Fsp3) is 1.00. The highest BCUT2D eigenvalue weighted by Gasteiger charge is 1.85. The van der Waals surface area contributed by atoms with Crippen LogP contribution in [0.3, 0.4) is 0 Å². The van der Waals surface area contributed by atoms with E-state index >= 15 is 0 Å². The smallest absolute Gasteiger partial charge is 0.00489 e. The molecule has 0 aromatic rings. The molecule has 11 heavy (non-hydrogen) atoms. The molecule has 0 aromatic carbocycles. The van der Waals surface area contributed by atoms with Gasteiger partial charge in [-0.25, -0.2) is 0 Å². The van der Waals surface area contributed by atoms with Gasteiger partial charge in [-0.3, -0.25) is 0 Å². The quantitative estimate of drug-likeness (QED) is 0.593. The van der Waals surface area contributed by atoms with E-state index in [1.54, 1.807) is 0 Å². The van der Waals surface area contributed by atoms with E-state index in [0.29, 0.717) is 0 Å². The molecule has 0 aliphatic heterocycles. The number of halogens is 1. The van der Waals surface area contributed by atoms with E-state index in [9.17, 15) is 0 Å². The summed E-state index contributed by atoms with van der Waals surface area (Å²) in [5, 5.41) is 3.39. The van der Waals surface area contributed by atoms with Gasteiger partial charge < -0.3 is 5.32 Å². The van der Waals surface area contributed by atoms with Gasteiger partial charge in [0.2, 0.25) is 0 Å². The summed E-state index contributed by atoms with van der Waals surface area (Å²) in [5.41, 5.74) is 0. The normalized spacial score (nSPS) is 9.27. The SMILES string of the molecule is CCCCCCNCCC.Cl. The van der Waals surface area contributed by atoms with Crippen molar-refractivity contribution in [3.63, 3.8) is 0 Å². The third-order valence-electron chi connectivity index (χ3n) is 1.63. The highest BCUT2D eigenvalue weighted by molar-refractivity contribution is 5.85. The van der Waals surface area contributed by atoms with Crippen molar-refractivity contribution in [3.8, 4) is 0 Å². The van der Waals surface area contributed by atoms with E-state index in [1.165, 1.54) is 45.2 Å². The van der Waals surface area contributed by atoms with Gasteiger partial charge in [0.15, 0.2) is 0 Å². The summed E-state index contributed by atoms with van der Waals surface area (Å²) in [7, 11) is 0. The zero-order valence-electron chi connectivity index (χ0n) is 7.86. The Kier molecular flexibility index (Phi) is 16.2. The fourth-order valence-corrected chi connectivity index (χ4v) is 0.979. The Morgan fingerprint density at radius 3 is 2.09 bits per heavy atom. The number of hydrogen-bond donors (Lipinski definition) is 1. The molecule has 0 saturated heterocycles. The minimum Gasteiger partial charge on any atom is -0.317 e. The molecular formula is C9H22ClN. The largest absolute Gasteiger partial charge is 0.317 e. The molecule has 0 aliphatic carbocycles. The molecule has 0 unspecified atom stereocenters. The Hall–Kier alpha value is 0.250. The third kappa shape index (κ3) is 13.3. The zero-order valence-corrected chi connectivity index (χ0v) is 8.67. The second-order valence-electron chi connectivity index (χ2n) is 2.81. The van der Waals surface area contributed by atoms with E-state index < -0.39 is 0 Å². The van der Waals surface area contributed by atoms with Crippen molar-refractivity contribution in [2.24, 2.45) is 0 Å². The van der Waals surface area contributed by atoms with Crippen LogP contribution in [0.5, 0.6) is 0 Å². The van der Waals surface area contributed by atoms with Crippen molar-refractivity contribution in [1.82, 2.24) is 5.32 Å². The van der Waals surface area contributed by atoms with Crippen molar-refractivity contribution in [2.75, 3.05) is 13.1 Å². The zero-order chi connectivity index (χ0) is 7.66. The first-order valence-corrected chi connectivity index (χ1v) is 4.62. The van der Waals surface area contributed by atoms with Crippen LogP contribution in [0, 0.1) is 0 Å². The fourth-order valence-electron chi connectivity index (χ4n) is 0.979. The Bertz CT molecular complexity index is 49.5. The Balaban J connectivity index is 0. The summed E-state index contributed by atoms with van der Waals surface area (Å²) in [4.78, 5) is 0. The maximum absolute atomic E-state index is 3.39. The molecule has 70 valence electrons. The van der Waals surface area contributed by atoms with Crippen LogP contribution in [0.15, 0.2) is 0 Å². The van der Waals surface area contributed by atoms with Crippen LogP contribution in [0.1, 0.15) is 46.0 Å². The molecule has 0 rings (SSSR count). The minimum absolute atomic E-state index is 0. The van der Waals surface area contributed by atoms with Crippen molar-refractivity contribution in [1.29, 1.82) is 0 Å². The van der Waals surface area contributed by atoms with Crippen molar-refractivity contribution in [2.45, 2.75) is 46.0 Å². The van der Waals surface area contributed by atoms with Gasteiger partial charge in [0, 0.05) is 0 Å². The molecule has 2 heteroatoms. The first-order valence-electron chi connectivity index (χ1n) is 4.62. The molecule has 1 nitrogen and oxygen atoms in total. The van der Waals surface area contributed by atoms with Crippen LogP contribution in [0.25, 0.3) is 0 Å². The topological polar surface area (TPSA) is 12.0 Å². The molecule has 0 heterocycles. The first kappa shape index (κ1) is 13.8. The molecule has 0 atom stereocenters. The van der Waals surface area contributed by atoms with Crippen LogP contribution >= 0.6 is 12.4 Å². The summed E-state index contributed by atoms with van der Waals surface area (Å²) in [5.74, 6) is 0. The van der Waals surface area contributed by atoms with Gasteiger partial charge in [-0.15, -0.1) is 12.4 Å². The molecule has 0 spiro atoms.